The van der Waals surface area contributed by atoms with Gasteiger partial charge >= 0.3 is 0 Å². The molecule has 0 radical (unpaired) electrons. The van der Waals surface area contributed by atoms with Crippen LogP contribution in [0.25, 0.3) is 0 Å². The Morgan fingerprint density at radius 2 is 1.78 bits per heavy atom. The molecular formula is C18H25FN2O2. The van der Waals surface area contributed by atoms with Gasteiger partial charge in [-0.2, -0.15) is 0 Å². The monoisotopic (exact) mass is 320 g/mol. The van der Waals surface area contributed by atoms with Crippen LogP contribution in [0.15, 0.2) is 24.3 Å². The normalized spacial score (nSPS) is 20.5. The quantitative estimate of drug-likeness (QED) is 0.855. The van der Waals surface area contributed by atoms with Gasteiger partial charge in [0.1, 0.15) is 0 Å². The maximum absolute atomic E-state index is 13.5. The van der Waals surface area contributed by atoms with Gasteiger partial charge < -0.3 is 9.64 Å². The minimum Gasteiger partial charge on any atom is -0.481 e. The third-order valence-electron chi connectivity index (χ3n) is 4.95. The Morgan fingerprint density at radius 1 is 1.09 bits per heavy atom. The minimum absolute atomic E-state index is 0.0588. The number of hydrogen-bond donors (Lipinski definition) is 0. The van der Waals surface area contributed by atoms with Crippen LogP contribution in [-0.2, 0) is 4.79 Å². The predicted molar refractivity (Wildman–Crippen MR) is 86.9 cm³/mol. The highest BCUT2D eigenvalue weighted by molar-refractivity contribution is 5.77. The standard InChI is InChI=1S/C18H25FN2O2/c19-16-8-4-5-9-17(16)23-14-18(22)21-12-10-20(11-13-21)15-6-2-1-3-7-15/h4-5,8-9,15H,1-3,6-7,10-14H2. The number of halogens is 1. The number of rotatable bonds is 4. The molecule has 1 aliphatic carbocycles. The van der Waals surface area contributed by atoms with Gasteiger partial charge in [0.15, 0.2) is 18.2 Å². The van der Waals surface area contributed by atoms with Crippen molar-refractivity contribution in [3.05, 3.63) is 30.1 Å². The smallest absolute Gasteiger partial charge is 0.260 e. The fraction of sp³-hybridized carbons (Fsp3) is 0.611. The van der Waals surface area contributed by atoms with Crippen LogP contribution in [0.1, 0.15) is 32.1 Å². The van der Waals surface area contributed by atoms with E-state index in [-0.39, 0.29) is 18.3 Å². The molecule has 0 spiro atoms. The zero-order valence-electron chi connectivity index (χ0n) is 13.5. The Morgan fingerprint density at radius 3 is 2.48 bits per heavy atom. The summed E-state index contributed by atoms with van der Waals surface area (Å²) < 4.78 is 18.8. The first kappa shape index (κ1) is 16.2. The molecule has 1 saturated carbocycles. The predicted octanol–water partition coefficient (Wildman–Crippen LogP) is 2.68. The molecule has 2 fully saturated rings. The van der Waals surface area contributed by atoms with Gasteiger partial charge in [0.2, 0.25) is 0 Å². The van der Waals surface area contributed by atoms with Crippen LogP contribution in [0, 0.1) is 5.82 Å². The van der Waals surface area contributed by atoms with Crippen LogP contribution in [0.2, 0.25) is 0 Å². The maximum atomic E-state index is 13.5. The number of para-hydroxylation sites is 1. The summed E-state index contributed by atoms with van der Waals surface area (Å²) in [6, 6.07) is 6.89. The molecule has 5 heteroatoms. The molecule has 0 unspecified atom stereocenters. The zero-order valence-corrected chi connectivity index (χ0v) is 13.5. The molecule has 4 nitrogen and oxygen atoms in total. The van der Waals surface area contributed by atoms with E-state index in [1.807, 2.05) is 4.90 Å². The molecule has 0 N–H and O–H groups in total. The summed E-state index contributed by atoms with van der Waals surface area (Å²) in [7, 11) is 0. The number of carbonyl (C=O) groups is 1. The summed E-state index contributed by atoms with van der Waals surface area (Å²) in [5, 5.41) is 0. The van der Waals surface area contributed by atoms with Crippen molar-refractivity contribution < 1.29 is 13.9 Å². The van der Waals surface area contributed by atoms with Crippen molar-refractivity contribution in [3.63, 3.8) is 0 Å². The van der Waals surface area contributed by atoms with E-state index in [1.54, 1.807) is 18.2 Å². The lowest BCUT2D eigenvalue weighted by Crippen LogP contribution is -2.53. The third kappa shape index (κ3) is 4.22. The molecule has 1 aromatic rings. The second-order valence-electron chi connectivity index (χ2n) is 6.43. The van der Waals surface area contributed by atoms with E-state index in [9.17, 15) is 9.18 Å². The highest BCUT2D eigenvalue weighted by Crippen LogP contribution is 2.23. The van der Waals surface area contributed by atoms with Crippen molar-refractivity contribution in [2.75, 3.05) is 32.8 Å². The van der Waals surface area contributed by atoms with Gasteiger partial charge in [0.05, 0.1) is 0 Å². The van der Waals surface area contributed by atoms with Crippen molar-refractivity contribution in [1.29, 1.82) is 0 Å². The molecule has 1 aliphatic heterocycles. The lowest BCUT2D eigenvalue weighted by Gasteiger charge is -2.40. The number of carbonyl (C=O) groups excluding carboxylic acids is 1. The Kier molecular flexibility index (Phi) is 5.49. The van der Waals surface area contributed by atoms with Crippen LogP contribution in [0.4, 0.5) is 4.39 Å². The van der Waals surface area contributed by atoms with Crippen LogP contribution in [0.5, 0.6) is 5.75 Å². The first-order chi connectivity index (χ1) is 11.2. The lowest BCUT2D eigenvalue weighted by molar-refractivity contribution is -0.135. The highest BCUT2D eigenvalue weighted by atomic mass is 19.1. The van der Waals surface area contributed by atoms with E-state index < -0.39 is 5.82 Å². The van der Waals surface area contributed by atoms with Gasteiger partial charge in [-0.3, -0.25) is 9.69 Å². The molecule has 126 valence electrons. The van der Waals surface area contributed by atoms with Gasteiger partial charge in [-0.25, -0.2) is 4.39 Å². The van der Waals surface area contributed by atoms with Gasteiger partial charge in [-0.05, 0) is 25.0 Å². The van der Waals surface area contributed by atoms with Crippen molar-refractivity contribution in [1.82, 2.24) is 9.80 Å². The summed E-state index contributed by atoms with van der Waals surface area (Å²) in [5.41, 5.74) is 0. The SMILES string of the molecule is O=C(COc1ccccc1F)N1CCN(C2CCCCC2)CC1. The number of hydrogen-bond acceptors (Lipinski definition) is 3. The van der Waals surface area contributed by atoms with Gasteiger partial charge in [0, 0.05) is 32.2 Å². The van der Waals surface area contributed by atoms with Gasteiger partial charge in [0.25, 0.3) is 5.91 Å². The second-order valence-corrected chi connectivity index (χ2v) is 6.43. The molecule has 0 bridgehead atoms. The van der Waals surface area contributed by atoms with E-state index in [4.69, 9.17) is 4.74 Å². The van der Waals surface area contributed by atoms with Crippen LogP contribution in [0.3, 0.4) is 0 Å². The summed E-state index contributed by atoms with van der Waals surface area (Å²) in [5.74, 6) is -0.347. The summed E-state index contributed by atoms with van der Waals surface area (Å²) >= 11 is 0. The van der Waals surface area contributed by atoms with Gasteiger partial charge in [-0.1, -0.05) is 31.4 Å². The zero-order chi connectivity index (χ0) is 16.1. The van der Waals surface area contributed by atoms with Crippen molar-refractivity contribution in [3.8, 4) is 5.75 Å². The van der Waals surface area contributed by atoms with Crippen LogP contribution in [-0.4, -0.2) is 54.5 Å². The first-order valence-corrected chi connectivity index (χ1v) is 8.63. The molecule has 1 saturated heterocycles. The fourth-order valence-corrected chi connectivity index (χ4v) is 3.58. The van der Waals surface area contributed by atoms with Crippen LogP contribution < -0.4 is 4.74 Å². The number of ether oxygens (including phenoxy) is 1. The molecule has 1 amide bonds. The van der Waals surface area contributed by atoms with Crippen LogP contribution >= 0.6 is 0 Å². The summed E-state index contributed by atoms with van der Waals surface area (Å²) in [6.07, 6.45) is 6.62. The molecule has 2 aliphatic rings. The maximum Gasteiger partial charge on any atom is 0.260 e. The molecule has 0 aromatic heterocycles. The number of nitrogens with zero attached hydrogens (tertiary/aromatic N) is 2. The third-order valence-corrected chi connectivity index (χ3v) is 4.95. The van der Waals surface area contributed by atoms with E-state index in [2.05, 4.69) is 4.90 Å². The van der Waals surface area contributed by atoms with Gasteiger partial charge in [-0.15, -0.1) is 0 Å². The topological polar surface area (TPSA) is 32.8 Å². The summed E-state index contributed by atoms with van der Waals surface area (Å²) in [6.45, 7) is 3.28. The van der Waals surface area contributed by atoms with E-state index >= 15 is 0 Å². The second kappa shape index (κ2) is 7.77. The Hall–Kier alpha value is -1.62. The van der Waals surface area contributed by atoms with Crippen molar-refractivity contribution in [2.45, 2.75) is 38.1 Å². The molecule has 1 aromatic carbocycles. The average molecular weight is 320 g/mol. The number of piperazine rings is 1. The highest BCUT2D eigenvalue weighted by Gasteiger charge is 2.27. The fourth-order valence-electron chi connectivity index (χ4n) is 3.58. The molecule has 23 heavy (non-hydrogen) atoms. The first-order valence-electron chi connectivity index (χ1n) is 8.63. The molecule has 0 atom stereocenters. The lowest BCUT2D eigenvalue weighted by atomic mass is 9.94. The Labute approximate surface area is 137 Å². The van der Waals surface area contributed by atoms with E-state index in [0.717, 1.165) is 26.2 Å². The minimum atomic E-state index is -0.428. The largest absolute Gasteiger partial charge is 0.481 e. The Balaban J connectivity index is 1.44. The van der Waals surface area contributed by atoms with E-state index in [1.165, 1.54) is 38.2 Å². The molecule has 3 rings (SSSR count). The van der Waals surface area contributed by atoms with Crippen molar-refractivity contribution >= 4 is 5.91 Å². The average Bonchev–Trinajstić information content (AvgIpc) is 2.62. The summed E-state index contributed by atoms with van der Waals surface area (Å²) in [4.78, 5) is 16.6. The number of benzene rings is 1. The number of amides is 1. The Bertz CT molecular complexity index is 524. The molecule has 1 heterocycles. The van der Waals surface area contributed by atoms with E-state index in [0.29, 0.717) is 6.04 Å². The molecular weight excluding hydrogens is 295 g/mol. The van der Waals surface area contributed by atoms with Crippen molar-refractivity contribution in [2.24, 2.45) is 0 Å².